The predicted molar refractivity (Wildman–Crippen MR) is 378 cm³/mol. The summed E-state index contributed by atoms with van der Waals surface area (Å²) in [4.78, 5) is 42.3. The first-order chi connectivity index (χ1) is 42.7. The summed E-state index contributed by atoms with van der Waals surface area (Å²) in [6.45, 7) is 56.9. The largest absolute Gasteiger partial charge is 0.458 e. The number of aliphatic hydroxyl groups is 2. The van der Waals surface area contributed by atoms with Gasteiger partial charge in [-0.05, 0) is 159 Å². The van der Waals surface area contributed by atoms with Gasteiger partial charge in [0, 0.05) is 45.6 Å². The summed E-state index contributed by atoms with van der Waals surface area (Å²) in [5.74, 6) is -1.78. The molecule has 1 aromatic carbocycles. The zero-order valence-electron chi connectivity index (χ0n) is 61.7. The van der Waals surface area contributed by atoms with Gasteiger partial charge in [-0.1, -0.05) is 127 Å². The molecule has 6 aliphatic rings. The van der Waals surface area contributed by atoms with E-state index in [1.54, 1.807) is 19.2 Å². The van der Waals surface area contributed by atoms with E-state index in [1.807, 2.05) is 37.3 Å². The first-order valence-corrected chi connectivity index (χ1v) is 46.6. The lowest BCUT2D eigenvalue weighted by Gasteiger charge is -2.53. The molecule has 4 fully saturated rings. The first kappa shape index (κ1) is 79.5. The number of ketones is 1. The minimum absolute atomic E-state index is 0.0398. The van der Waals surface area contributed by atoms with Gasteiger partial charge in [0.25, 0.3) is 0 Å². The van der Waals surface area contributed by atoms with Crippen LogP contribution < -0.4 is 0 Å². The van der Waals surface area contributed by atoms with Gasteiger partial charge in [-0.15, -0.1) is 0 Å². The molecule has 7 rings (SSSR count). The molecule has 13 unspecified atom stereocenters. The van der Waals surface area contributed by atoms with Crippen LogP contribution in [0.1, 0.15) is 184 Å². The third-order valence-corrected chi connectivity index (χ3v) is 40.7. The van der Waals surface area contributed by atoms with Gasteiger partial charge in [0.2, 0.25) is 0 Å². The Kier molecular flexibility index (Phi) is 27.1. The van der Waals surface area contributed by atoms with Gasteiger partial charge in [-0.2, -0.15) is 0 Å². The highest BCUT2D eigenvalue weighted by Crippen LogP contribution is 2.47. The quantitative estimate of drug-likeness (QED) is 0.0956. The van der Waals surface area contributed by atoms with E-state index in [-0.39, 0.29) is 69.4 Å². The molecule has 0 aliphatic carbocycles. The molecular weight excluding hydrogens is 1250 g/mol. The Hall–Kier alpha value is -2.52. The Labute approximate surface area is 565 Å². The van der Waals surface area contributed by atoms with Crippen LogP contribution in [-0.4, -0.2) is 173 Å². The number of fused-ring (bicyclic) bond motifs is 15. The molecule has 4 saturated heterocycles. The number of carbonyl (C=O) groups is 3. The van der Waals surface area contributed by atoms with Gasteiger partial charge in [-0.25, -0.2) is 4.79 Å². The standard InChI is InChI=1S/C73H126O16Si4/c1-46-39-51(75)31-36-58-47(2)40-54(82-58)33-32-53(84-69(78)50-29-27-26-28-30-50)34-38-60(88-92(22,23)72(11,12)13)67-68(89-93(24,25)73(14,15)16)64(77)66-59(86-67)37-35-55(83-66)41-52(76)42-57-62(44-61(48(46)3)81-49(4)74)85-63(65(57)79-17)43-56(87-91(20,21)71(8,9)10)45-80-90(18,19)70(5,6)7/h26-30,34,38,46,51,53-68,75,77H,2-3,31-33,35-37,39-45H2,1,4-25H3/b38-34+/t46?,51-,53?,54?,55?,56?,57?,58+,59+,60?,61?,62?,63?,64+,65-,66?,67?,68?/m1/s1. The van der Waals surface area contributed by atoms with E-state index in [0.29, 0.717) is 75.5 Å². The highest BCUT2D eigenvalue weighted by molar-refractivity contribution is 6.75. The highest BCUT2D eigenvalue weighted by Gasteiger charge is 2.56. The van der Waals surface area contributed by atoms with Crippen molar-refractivity contribution in [2.75, 3.05) is 13.7 Å². The Morgan fingerprint density at radius 1 is 0.645 bits per heavy atom. The van der Waals surface area contributed by atoms with Crippen LogP contribution >= 0.6 is 0 Å². The fraction of sp³-hybridized carbons (Fsp3) is 0.795. The summed E-state index contributed by atoms with van der Waals surface area (Å²) < 4.78 is 76.3. The number of rotatable bonds is 15. The van der Waals surface area contributed by atoms with Gasteiger partial charge in [-0.3, -0.25) is 9.59 Å². The van der Waals surface area contributed by atoms with Gasteiger partial charge >= 0.3 is 11.9 Å². The summed E-state index contributed by atoms with van der Waals surface area (Å²) in [6, 6.07) is 8.96. The predicted octanol–water partition coefficient (Wildman–Crippen LogP) is 15.3. The van der Waals surface area contributed by atoms with Crippen LogP contribution in [0.4, 0.5) is 0 Å². The summed E-state index contributed by atoms with van der Waals surface area (Å²) >= 11 is 0. The third kappa shape index (κ3) is 21.0. The van der Waals surface area contributed by atoms with Crippen LogP contribution in [0.3, 0.4) is 0 Å². The molecule has 16 nitrogen and oxygen atoms in total. The number of ether oxygens (including phenoxy) is 7. The second kappa shape index (κ2) is 31.8. The topological polar surface area (TPSA) is 193 Å². The van der Waals surface area contributed by atoms with Crippen LogP contribution in [0.15, 0.2) is 66.8 Å². The zero-order chi connectivity index (χ0) is 69.8. The Morgan fingerprint density at radius 3 is 1.83 bits per heavy atom. The Bertz CT molecular complexity index is 2670. The summed E-state index contributed by atoms with van der Waals surface area (Å²) in [6.07, 6.45) is -1.95. The lowest BCUT2D eigenvalue weighted by atomic mass is 9.82. The average Bonchev–Trinajstić information content (AvgIpc) is 1.40. The Balaban J connectivity index is 1.43. The number of hydrogen-bond donors (Lipinski definition) is 2. The minimum Gasteiger partial charge on any atom is -0.458 e. The minimum atomic E-state index is -2.69. The van der Waals surface area contributed by atoms with E-state index in [0.717, 1.165) is 5.57 Å². The monoisotopic (exact) mass is 1370 g/mol. The van der Waals surface area contributed by atoms with Crippen molar-refractivity contribution in [3.8, 4) is 0 Å². The van der Waals surface area contributed by atoms with Crippen molar-refractivity contribution in [3.63, 3.8) is 0 Å². The maximum atomic E-state index is 15.1. The third-order valence-electron chi connectivity index (χ3n) is 22.7. The lowest BCUT2D eigenvalue weighted by molar-refractivity contribution is -0.269. The van der Waals surface area contributed by atoms with E-state index >= 15 is 4.79 Å². The van der Waals surface area contributed by atoms with Crippen molar-refractivity contribution in [3.05, 3.63) is 72.4 Å². The van der Waals surface area contributed by atoms with Crippen LogP contribution in [0, 0.1) is 11.8 Å². The molecule has 6 heterocycles. The average molecular weight is 1370 g/mol. The van der Waals surface area contributed by atoms with Crippen LogP contribution in [-0.2, 0) is 60.5 Å². The summed E-state index contributed by atoms with van der Waals surface area (Å²) in [5, 5.41) is 24.3. The summed E-state index contributed by atoms with van der Waals surface area (Å²) in [5.41, 5.74) is 2.00. The van der Waals surface area contributed by atoms with Crippen molar-refractivity contribution in [1.82, 2.24) is 0 Å². The van der Waals surface area contributed by atoms with E-state index in [1.165, 1.54) is 6.92 Å². The molecule has 1 aromatic rings. The fourth-order valence-electron chi connectivity index (χ4n) is 12.6. The number of benzene rings is 1. The van der Waals surface area contributed by atoms with E-state index in [2.05, 4.69) is 149 Å². The van der Waals surface area contributed by atoms with Crippen LogP contribution in [0.5, 0.6) is 0 Å². The SMILES string of the molecule is C=C1C(C)C[C@H](O)CC[C@@H]2OC(CCC(OC(=O)c3ccccc3)/C=C/C(O[Si](C)(C)C(C)(C)C)C3O[C@H]4CCC(CC(=O)CC5C(CC1OC(C)=O)OC(CC(CO[Si](C)(C)C(C)(C)C)O[Si](C)(C)C(C)(C)C)[C@@H]5OC)OC4[C@H](O)C3O[Si](C)(C)C(C)(C)C)CC2=C. The number of methoxy groups -OCH3 is 1. The molecule has 0 aromatic heterocycles. The first-order valence-electron chi connectivity index (χ1n) is 34.9. The van der Waals surface area contributed by atoms with Crippen molar-refractivity contribution < 1.29 is 75.5 Å². The molecule has 20 heteroatoms. The molecular formula is C73H126O16Si4. The molecule has 0 amide bonds. The second-order valence-corrected chi connectivity index (χ2v) is 53.2. The van der Waals surface area contributed by atoms with Gasteiger partial charge < -0.3 is 61.1 Å². The molecule has 0 spiro atoms. The smallest absolute Gasteiger partial charge is 0.338 e. The molecule has 18 atom stereocenters. The van der Waals surface area contributed by atoms with Crippen molar-refractivity contribution in [2.45, 2.75) is 344 Å². The Morgan fingerprint density at radius 2 is 1.24 bits per heavy atom. The van der Waals surface area contributed by atoms with Crippen molar-refractivity contribution in [2.24, 2.45) is 11.8 Å². The maximum Gasteiger partial charge on any atom is 0.338 e. The molecule has 530 valence electrons. The molecule has 6 bridgehead atoms. The number of hydrogen-bond acceptors (Lipinski definition) is 16. The van der Waals surface area contributed by atoms with Gasteiger partial charge in [0.1, 0.15) is 42.4 Å². The summed E-state index contributed by atoms with van der Waals surface area (Å²) in [7, 11) is -8.27. The maximum absolute atomic E-state index is 15.1. The van der Waals surface area contributed by atoms with E-state index < -0.39 is 130 Å². The molecule has 0 radical (unpaired) electrons. The van der Waals surface area contributed by atoms with Gasteiger partial charge in [0.05, 0.1) is 73.2 Å². The van der Waals surface area contributed by atoms with Crippen molar-refractivity contribution >= 4 is 51.0 Å². The molecule has 6 aliphatic heterocycles. The number of aliphatic hydroxyl groups excluding tert-OH is 2. The number of carbonyl (C=O) groups excluding carboxylic acids is 3. The van der Waals surface area contributed by atoms with E-state index in [9.17, 15) is 19.8 Å². The van der Waals surface area contributed by atoms with Gasteiger partial charge in [0.15, 0.2) is 33.3 Å². The number of Topliss-reactive ketones (excluding diaryl/α,β-unsaturated/α-hetero) is 1. The zero-order valence-corrected chi connectivity index (χ0v) is 65.7. The highest BCUT2D eigenvalue weighted by atomic mass is 28.4. The number of esters is 2. The molecule has 93 heavy (non-hydrogen) atoms. The molecule has 2 N–H and O–H groups in total. The lowest BCUT2D eigenvalue weighted by Crippen LogP contribution is -2.67. The second-order valence-electron chi connectivity index (χ2n) is 34.1. The normalized spacial score (nSPS) is 33.2. The molecule has 0 saturated carbocycles. The van der Waals surface area contributed by atoms with E-state index in [4.69, 9.17) is 50.9 Å². The fourth-order valence-corrected chi connectivity index (χ4v) is 17.6. The van der Waals surface area contributed by atoms with Crippen LogP contribution in [0.2, 0.25) is 72.5 Å². The van der Waals surface area contributed by atoms with Crippen molar-refractivity contribution in [1.29, 1.82) is 0 Å². The van der Waals surface area contributed by atoms with Crippen LogP contribution in [0.25, 0.3) is 0 Å².